The zero-order valence-electron chi connectivity index (χ0n) is 3.68. The minimum Gasteiger partial charge on any atom is -0.155 e. The second kappa shape index (κ2) is 0.945. The van der Waals surface area contributed by atoms with Gasteiger partial charge in [0.05, 0.1) is 0 Å². The topological polar surface area (TPSA) is 0 Å². The predicted molar refractivity (Wildman–Crippen MR) is 29.0 cm³/mol. The lowest BCUT2D eigenvalue weighted by atomic mass is 10.3. The van der Waals surface area contributed by atoms with Gasteiger partial charge in [0, 0.05) is 10.5 Å². The molecule has 0 aromatic rings. The molecular weight excluding hydrogens is 92.1 g/mol. The maximum Gasteiger partial charge on any atom is 0.00607 e. The highest BCUT2D eigenvalue weighted by Crippen LogP contribution is 2.49. The lowest BCUT2D eigenvalue weighted by molar-refractivity contribution is 0.850. The molecule has 0 amide bonds. The van der Waals surface area contributed by atoms with E-state index in [1.165, 1.54) is 12.8 Å². The van der Waals surface area contributed by atoms with E-state index in [1.54, 1.807) is 6.42 Å². The van der Waals surface area contributed by atoms with Crippen LogP contribution in [0.3, 0.4) is 0 Å². The molecule has 34 valence electrons. The molecule has 2 saturated heterocycles. The molecular formula is C5H8S. The van der Waals surface area contributed by atoms with E-state index in [9.17, 15) is 0 Å². The van der Waals surface area contributed by atoms with Crippen LogP contribution in [0, 0.1) is 0 Å². The Kier molecular flexibility index (Phi) is 0.530. The summed E-state index contributed by atoms with van der Waals surface area (Å²) in [5.41, 5.74) is 0. The highest BCUT2D eigenvalue weighted by molar-refractivity contribution is 8.02. The summed E-state index contributed by atoms with van der Waals surface area (Å²) in [5, 5.41) is 2.21. The zero-order chi connectivity index (χ0) is 3.98. The second-order valence-corrected chi connectivity index (χ2v) is 3.80. The van der Waals surface area contributed by atoms with E-state index in [-0.39, 0.29) is 0 Å². The third-order valence-electron chi connectivity index (χ3n) is 1.72. The molecule has 1 saturated carbocycles. The monoisotopic (exact) mass is 100 g/mol. The summed E-state index contributed by atoms with van der Waals surface area (Å²) in [5.74, 6) is 0. The van der Waals surface area contributed by atoms with Crippen molar-refractivity contribution in [1.82, 2.24) is 0 Å². The van der Waals surface area contributed by atoms with Crippen molar-refractivity contribution in [3.05, 3.63) is 0 Å². The number of thioether (sulfide) groups is 1. The molecule has 1 heteroatoms. The minimum atomic E-state index is 1.11. The molecule has 6 heavy (non-hydrogen) atoms. The fraction of sp³-hybridized carbons (Fsp3) is 1.00. The molecule has 2 atom stereocenters. The zero-order valence-corrected chi connectivity index (χ0v) is 4.50. The molecule has 1 aliphatic carbocycles. The normalized spacial score (nSPS) is 52.0. The second-order valence-electron chi connectivity index (χ2n) is 2.19. The third-order valence-corrected chi connectivity index (χ3v) is 3.35. The first kappa shape index (κ1) is 3.36. The van der Waals surface area contributed by atoms with Crippen LogP contribution < -0.4 is 0 Å². The molecule has 3 fully saturated rings. The van der Waals surface area contributed by atoms with Gasteiger partial charge in [-0.25, -0.2) is 0 Å². The van der Waals surface area contributed by atoms with Crippen LogP contribution in [0.4, 0.5) is 0 Å². The standard InChI is InChI=1S/C5H8S/c1-2-5-3-4(1)6-5/h4-5H,1-3H2. The van der Waals surface area contributed by atoms with Crippen molar-refractivity contribution >= 4 is 11.8 Å². The Hall–Kier alpha value is 0.350. The molecule has 3 aliphatic rings. The van der Waals surface area contributed by atoms with Crippen LogP contribution in [0.15, 0.2) is 0 Å². The molecule has 0 spiro atoms. The van der Waals surface area contributed by atoms with Crippen molar-refractivity contribution in [1.29, 1.82) is 0 Å². The van der Waals surface area contributed by atoms with Crippen LogP contribution in [0.5, 0.6) is 0 Å². The average molecular weight is 100 g/mol. The first-order chi connectivity index (χ1) is 2.95. The summed E-state index contributed by atoms with van der Waals surface area (Å²) in [6.07, 6.45) is 4.59. The van der Waals surface area contributed by atoms with Crippen LogP contribution in [0.25, 0.3) is 0 Å². The van der Waals surface area contributed by atoms with E-state index in [0.29, 0.717) is 0 Å². The van der Waals surface area contributed by atoms with Crippen LogP contribution in [0.2, 0.25) is 0 Å². The highest BCUT2D eigenvalue weighted by Gasteiger charge is 2.36. The van der Waals surface area contributed by atoms with Gasteiger partial charge in [0.15, 0.2) is 0 Å². The SMILES string of the molecule is C1CC2CC1S2. The Labute approximate surface area is 42.3 Å². The van der Waals surface area contributed by atoms with Gasteiger partial charge in [-0.2, -0.15) is 11.8 Å². The Bertz CT molecular complexity index is 50.8. The van der Waals surface area contributed by atoms with E-state index in [4.69, 9.17) is 0 Å². The fourth-order valence-electron chi connectivity index (χ4n) is 1.30. The smallest absolute Gasteiger partial charge is 0.00607 e. The Morgan fingerprint density at radius 1 is 1.17 bits per heavy atom. The number of hydrogen-bond donors (Lipinski definition) is 0. The Morgan fingerprint density at radius 3 is 1.83 bits per heavy atom. The molecule has 0 N–H and O–H groups in total. The molecule has 0 nitrogen and oxygen atoms in total. The van der Waals surface area contributed by atoms with E-state index in [0.717, 1.165) is 10.5 Å². The maximum absolute atomic E-state index is 2.19. The number of hydrogen-bond acceptors (Lipinski definition) is 1. The van der Waals surface area contributed by atoms with Crippen molar-refractivity contribution in [3.63, 3.8) is 0 Å². The predicted octanol–water partition coefficient (Wildman–Crippen LogP) is 1.65. The maximum atomic E-state index is 2.19. The van der Waals surface area contributed by atoms with Gasteiger partial charge in [-0.1, -0.05) is 0 Å². The summed E-state index contributed by atoms with van der Waals surface area (Å²) in [4.78, 5) is 0. The summed E-state index contributed by atoms with van der Waals surface area (Å²) >= 11 is 2.19. The van der Waals surface area contributed by atoms with Gasteiger partial charge in [-0.3, -0.25) is 0 Å². The minimum absolute atomic E-state index is 1.11. The van der Waals surface area contributed by atoms with Gasteiger partial charge in [-0.05, 0) is 19.3 Å². The first-order valence-corrected chi connectivity index (χ1v) is 3.55. The van der Waals surface area contributed by atoms with Crippen molar-refractivity contribution in [2.24, 2.45) is 0 Å². The van der Waals surface area contributed by atoms with Crippen molar-refractivity contribution < 1.29 is 0 Å². The lowest BCUT2D eigenvalue weighted by Gasteiger charge is -2.20. The van der Waals surface area contributed by atoms with Gasteiger partial charge < -0.3 is 0 Å². The third kappa shape index (κ3) is 0.274. The molecule has 3 rings (SSSR count). The van der Waals surface area contributed by atoms with Gasteiger partial charge in [0.1, 0.15) is 0 Å². The van der Waals surface area contributed by atoms with Crippen LogP contribution in [0.1, 0.15) is 19.3 Å². The molecule has 2 aliphatic heterocycles. The van der Waals surface area contributed by atoms with Crippen molar-refractivity contribution in [2.45, 2.75) is 29.8 Å². The van der Waals surface area contributed by atoms with E-state index in [2.05, 4.69) is 11.8 Å². The molecule has 2 bridgehead atoms. The molecule has 0 aromatic carbocycles. The van der Waals surface area contributed by atoms with Gasteiger partial charge >= 0.3 is 0 Å². The molecule has 2 heterocycles. The molecule has 0 aromatic heterocycles. The Morgan fingerprint density at radius 2 is 1.67 bits per heavy atom. The van der Waals surface area contributed by atoms with Crippen molar-refractivity contribution in [2.75, 3.05) is 0 Å². The molecule has 2 unspecified atom stereocenters. The lowest BCUT2D eigenvalue weighted by Crippen LogP contribution is -2.12. The van der Waals surface area contributed by atoms with E-state index >= 15 is 0 Å². The fourth-order valence-corrected chi connectivity index (χ4v) is 2.72. The first-order valence-electron chi connectivity index (χ1n) is 2.60. The largest absolute Gasteiger partial charge is 0.155 e. The average Bonchev–Trinajstić information content (AvgIpc) is 1.72. The summed E-state index contributed by atoms with van der Waals surface area (Å²) in [6.45, 7) is 0. The van der Waals surface area contributed by atoms with E-state index in [1.807, 2.05) is 0 Å². The van der Waals surface area contributed by atoms with Crippen molar-refractivity contribution in [3.8, 4) is 0 Å². The summed E-state index contributed by atoms with van der Waals surface area (Å²) in [6, 6.07) is 0. The quantitative estimate of drug-likeness (QED) is 0.446. The molecule has 0 radical (unpaired) electrons. The van der Waals surface area contributed by atoms with E-state index < -0.39 is 0 Å². The van der Waals surface area contributed by atoms with Gasteiger partial charge in [0.25, 0.3) is 0 Å². The Balaban J connectivity index is 2.16. The van der Waals surface area contributed by atoms with Gasteiger partial charge in [-0.15, -0.1) is 0 Å². The highest BCUT2D eigenvalue weighted by atomic mass is 32.2. The van der Waals surface area contributed by atoms with Crippen LogP contribution >= 0.6 is 11.8 Å². The van der Waals surface area contributed by atoms with Crippen LogP contribution in [-0.4, -0.2) is 10.5 Å². The van der Waals surface area contributed by atoms with Crippen LogP contribution in [-0.2, 0) is 0 Å². The van der Waals surface area contributed by atoms with Gasteiger partial charge in [0.2, 0.25) is 0 Å². The number of fused-ring (bicyclic) bond motifs is 1. The summed E-state index contributed by atoms with van der Waals surface area (Å²) in [7, 11) is 0. The number of rotatable bonds is 0. The summed E-state index contributed by atoms with van der Waals surface area (Å²) < 4.78 is 0.